The molecule has 374 valence electrons. The van der Waals surface area contributed by atoms with Crippen molar-refractivity contribution in [3.05, 3.63) is 33.4 Å². The van der Waals surface area contributed by atoms with Crippen molar-refractivity contribution in [2.24, 2.45) is 0 Å². The zero-order valence-corrected chi connectivity index (χ0v) is 44.5. The van der Waals surface area contributed by atoms with E-state index in [-0.39, 0.29) is 88.8 Å². The predicted octanol–water partition coefficient (Wildman–Crippen LogP) is 19.8. The fraction of sp³-hybridized carbons (Fsp3) is 0.814. The Kier molecular flexibility index (Phi) is 36.3. The maximum Gasteiger partial charge on any atom is 0.164 e. The molecule has 5 nitrogen and oxygen atoms in total. The predicted molar refractivity (Wildman–Crippen MR) is 280 cm³/mol. The van der Waals surface area contributed by atoms with Crippen molar-refractivity contribution in [1.82, 2.24) is 0 Å². The third-order valence-corrected chi connectivity index (χ3v) is 13.7. The minimum absolute atomic E-state index is 0.0624. The van der Waals surface area contributed by atoms with E-state index in [9.17, 15) is 0 Å². The summed E-state index contributed by atoms with van der Waals surface area (Å²) in [5.41, 5.74) is 0.863. The van der Waals surface area contributed by atoms with Crippen LogP contribution in [0.25, 0.3) is 0 Å². The van der Waals surface area contributed by atoms with Crippen LogP contribution in [0.3, 0.4) is 0 Å². The molecule has 0 spiro atoms. The molecule has 0 aliphatic heterocycles. The maximum absolute atomic E-state index is 15.1. The Morgan fingerprint density at radius 1 is 0.277 bits per heavy atom. The third kappa shape index (κ3) is 25.7. The Morgan fingerprint density at radius 3 is 0.615 bits per heavy atom. The highest BCUT2D eigenvalue weighted by molar-refractivity contribution is 6.29. The molecule has 0 saturated carbocycles. The van der Waals surface area contributed by atoms with Gasteiger partial charge >= 0.3 is 0 Å². The molecule has 0 bridgehead atoms. The Bertz CT molecular complexity index is 1380. The molecule has 6 heteroatoms. The molecule has 0 aliphatic rings. The number of Topliss-reactive ketones (excluding diaryl/α,β-unsaturated/α-hetero) is 5. The van der Waals surface area contributed by atoms with Crippen LogP contribution in [-0.4, -0.2) is 28.9 Å². The summed E-state index contributed by atoms with van der Waals surface area (Å²) < 4.78 is 0. The average Bonchev–Trinajstić information content (AvgIpc) is 3.28. The number of rotatable bonds is 46. The fourth-order valence-electron chi connectivity index (χ4n) is 9.58. The second kappa shape index (κ2) is 38.8. The summed E-state index contributed by atoms with van der Waals surface area (Å²) in [4.78, 5) is 74.1. The second-order valence-corrected chi connectivity index (χ2v) is 21.1. The van der Waals surface area contributed by atoms with Crippen LogP contribution in [0.1, 0.15) is 363 Å². The van der Waals surface area contributed by atoms with Gasteiger partial charge in [0, 0.05) is 59.9 Å². The highest BCUT2D eigenvalue weighted by Crippen LogP contribution is 2.42. The zero-order chi connectivity index (χ0) is 48.1. The molecule has 0 radical (unpaired) electrons. The second-order valence-electron chi connectivity index (χ2n) is 20.2. The molecular weight excluding hydrogens is 824 g/mol. The monoisotopic (exact) mass is 925 g/mol. The number of unbranched alkanes of at least 4 members (excludes halogenated alkanes) is 30. The van der Waals surface area contributed by atoms with E-state index in [1.54, 1.807) is 13.8 Å². The first-order valence-corrected chi connectivity index (χ1v) is 28.4. The van der Waals surface area contributed by atoms with Crippen LogP contribution in [0.15, 0.2) is 0 Å². The number of ketones is 5. The van der Waals surface area contributed by atoms with E-state index in [1.807, 2.05) is 0 Å². The van der Waals surface area contributed by atoms with Gasteiger partial charge in [0.05, 0.1) is 4.87 Å². The lowest BCUT2D eigenvalue weighted by Gasteiger charge is -2.30. The van der Waals surface area contributed by atoms with Gasteiger partial charge in [0.2, 0.25) is 0 Å². The Hall–Kier alpha value is -2.14. The molecule has 1 rings (SSSR count). The van der Waals surface area contributed by atoms with E-state index < -0.39 is 4.87 Å². The molecule has 0 saturated heterocycles. The number of carbonyl (C=O) groups is 5. The van der Waals surface area contributed by atoms with Crippen molar-refractivity contribution in [3.8, 4) is 0 Å². The van der Waals surface area contributed by atoms with Crippen LogP contribution in [-0.2, 0) is 4.87 Å². The van der Waals surface area contributed by atoms with Crippen molar-refractivity contribution in [2.45, 2.75) is 310 Å². The minimum Gasteiger partial charge on any atom is -0.294 e. The summed E-state index contributed by atoms with van der Waals surface area (Å²) in [7, 11) is 0. The number of carbonyl (C=O) groups excluding carboxylic acids is 5. The molecule has 0 heterocycles. The maximum atomic E-state index is 15.1. The van der Waals surface area contributed by atoms with E-state index in [4.69, 9.17) is 11.6 Å². The van der Waals surface area contributed by atoms with Crippen LogP contribution in [0.4, 0.5) is 0 Å². The molecule has 1 aromatic rings. The number of alkyl halides is 1. The Labute approximate surface area is 406 Å². The number of hydrogen-bond donors (Lipinski definition) is 0. The van der Waals surface area contributed by atoms with Crippen LogP contribution in [0, 0.1) is 0 Å². The van der Waals surface area contributed by atoms with Crippen LogP contribution in [0.2, 0.25) is 0 Å². The summed E-state index contributed by atoms with van der Waals surface area (Å²) in [6.07, 6.45) is 37.0. The molecule has 0 amide bonds. The van der Waals surface area contributed by atoms with Gasteiger partial charge in [0.1, 0.15) is 0 Å². The number of hydrogen-bond acceptors (Lipinski definition) is 5. The highest BCUT2D eigenvalue weighted by atomic mass is 35.5. The summed E-state index contributed by atoms with van der Waals surface area (Å²) in [6, 6.07) is 0. The molecule has 0 unspecified atom stereocenters. The standard InChI is InChI=1S/C59H101ClO5/c1-8-13-18-23-28-33-38-43-48(61)53-54(49(62)44-39-34-29-24-19-14-9-2)56(51(64)46-41-36-31-26-21-16-11-4)58(59(6,7)60)57(52(65)47-42-37-32-27-22-17-12-5)55(53)50(63)45-40-35-30-25-20-15-10-3/h8-47H2,1-7H3. The van der Waals surface area contributed by atoms with Crippen LogP contribution in [0.5, 0.6) is 0 Å². The van der Waals surface area contributed by atoms with Crippen molar-refractivity contribution in [2.75, 3.05) is 0 Å². The molecule has 1 aromatic carbocycles. The first-order chi connectivity index (χ1) is 31.4. The molecule has 0 fully saturated rings. The lowest BCUT2D eigenvalue weighted by Crippen LogP contribution is -2.30. The van der Waals surface area contributed by atoms with Crippen LogP contribution < -0.4 is 0 Å². The zero-order valence-electron chi connectivity index (χ0n) is 43.7. The van der Waals surface area contributed by atoms with E-state index in [0.29, 0.717) is 37.7 Å². The van der Waals surface area contributed by atoms with Gasteiger partial charge in [-0.2, -0.15) is 0 Å². The first kappa shape index (κ1) is 60.9. The topological polar surface area (TPSA) is 85.3 Å². The molecule has 0 N–H and O–H groups in total. The molecule has 0 atom stereocenters. The summed E-state index contributed by atoms with van der Waals surface area (Å²) >= 11 is 7.42. The van der Waals surface area contributed by atoms with Gasteiger partial charge in [-0.25, -0.2) is 0 Å². The van der Waals surface area contributed by atoms with Crippen LogP contribution >= 0.6 is 11.6 Å². The van der Waals surface area contributed by atoms with Gasteiger partial charge in [-0.3, -0.25) is 24.0 Å². The first-order valence-electron chi connectivity index (χ1n) is 28.0. The van der Waals surface area contributed by atoms with Gasteiger partial charge in [-0.05, 0) is 51.5 Å². The Morgan fingerprint density at radius 2 is 0.431 bits per heavy atom. The molecule has 65 heavy (non-hydrogen) atoms. The van der Waals surface area contributed by atoms with Gasteiger partial charge in [-0.1, -0.05) is 227 Å². The SMILES string of the molecule is CCCCCCCCCC(=O)c1c(C(=O)CCCCCCCCC)c(C(=O)CCCCCCCCC)c(C(C)(C)Cl)c(C(=O)CCCCCCCCC)c1C(=O)CCCCCCCCC. The van der Waals surface area contributed by atoms with E-state index in [2.05, 4.69) is 34.6 Å². The smallest absolute Gasteiger partial charge is 0.164 e. The summed E-state index contributed by atoms with van der Waals surface area (Å²) in [5.74, 6) is -1.26. The lowest BCUT2D eigenvalue weighted by atomic mass is 9.74. The third-order valence-electron chi connectivity index (χ3n) is 13.5. The van der Waals surface area contributed by atoms with E-state index in [0.717, 1.165) is 96.3 Å². The average molecular weight is 926 g/mol. The molecular formula is C59H101ClO5. The highest BCUT2D eigenvalue weighted by Gasteiger charge is 2.40. The largest absolute Gasteiger partial charge is 0.294 e. The molecule has 0 aromatic heterocycles. The van der Waals surface area contributed by atoms with Gasteiger partial charge in [-0.15, -0.1) is 11.6 Å². The fourth-order valence-corrected chi connectivity index (χ4v) is 9.77. The number of benzene rings is 1. The van der Waals surface area contributed by atoms with Crippen molar-refractivity contribution >= 4 is 40.5 Å². The van der Waals surface area contributed by atoms with Crippen molar-refractivity contribution < 1.29 is 24.0 Å². The summed E-state index contributed by atoms with van der Waals surface area (Å²) in [6.45, 7) is 14.6. The summed E-state index contributed by atoms with van der Waals surface area (Å²) in [5, 5.41) is 0. The quantitative estimate of drug-likeness (QED) is 0.0369. The van der Waals surface area contributed by atoms with E-state index in [1.165, 1.54) is 96.3 Å². The lowest BCUT2D eigenvalue weighted by molar-refractivity contribution is 0.0913. The van der Waals surface area contributed by atoms with Gasteiger partial charge < -0.3 is 0 Å². The Balaban J connectivity index is 4.13. The normalized spacial score (nSPS) is 11.7. The minimum atomic E-state index is -1.26. The number of halogens is 1. The van der Waals surface area contributed by atoms with Crippen molar-refractivity contribution in [1.29, 1.82) is 0 Å². The molecule has 0 aliphatic carbocycles. The van der Waals surface area contributed by atoms with E-state index >= 15 is 24.0 Å². The van der Waals surface area contributed by atoms with Gasteiger partial charge in [0.15, 0.2) is 28.9 Å². The van der Waals surface area contributed by atoms with Crippen molar-refractivity contribution in [3.63, 3.8) is 0 Å². The van der Waals surface area contributed by atoms with Gasteiger partial charge in [0.25, 0.3) is 0 Å².